The molecule has 0 saturated carbocycles. The number of amides is 4. The molecule has 0 atom stereocenters. The molecular weight excluding hydrogens is 442 g/mol. The second kappa shape index (κ2) is 10.5. The van der Waals surface area contributed by atoms with Crippen molar-refractivity contribution in [2.45, 2.75) is 20.3 Å². The minimum Gasteiger partial charge on any atom is -0.492 e. The van der Waals surface area contributed by atoms with E-state index in [2.05, 4.69) is 9.97 Å². The van der Waals surface area contributed by atoms with Crippen LogP contribution in [0.15, 0.2) is 42.9 Å². The van der Waals surface area contributed by atoms with Gasteiger partial charge < -0.3 is 25.5 Å². The van der Waals surface area contributed by atoms with Crippen molar-refractivity contribution >= 4 is 23.8 Å². The van der Waals surface area contributed by atoms with Gasteiger partial charge >= 0.3 is 12.1 Å². The SMILES string of the molecule is CCOc1cc(Cc2cnc(N(N)C(N)=O)nc2N(N)C(N)=O)cc(OCC)c1-n1cccc1. The van der Waals surface area contributed by atoms with Crippen molar-refractivity contribution in [3.05, 3.63) is 54.0 Å². The van der Waals surface area contributed by atoms with Crippen molar-refractivity contribution in [3.63, 3.8) is 0 Å². The number of hydrogen-bond acceptors (Lipinski definition) is 8. The van der Waals surface area contributed by atoms with E-state index in [1.807, 2.05) is 55.1 Å². The molecular formula is C21H27N9O4. The van der Waals surface area contributed by atoms with E-state index in [-0.39, 0.29) is 18.2 Å². The van der Waals surface area contributed by atoms with E-state index in [0.717, 1.165) is 11.3 Å². The molecule has 4 amide bonds. The number of nitrogens with zero attached hydrogens (tertiary/aromatic N) is 5. The number of aromatic nitrogens is 3. The second-order valence-corrected chi connectivity index (χ2v) is 7.01. The van der Waals surface area contributed by atoms with Crippen molar-refractivity contribution in [1.82, 2.24) is 14.5 Å². The zero-order valence-corrected chi connectivity index (χ0v) is 18.8. The van der Waals surface area contributed by atoms with Gasteiger partial charge in [-0.25, -0.2) is 31.3 Å². The molecule has 8 N–H and O–H groups in total. The highest BCUT2D eigenvalue weighted by Gasteiger charge is 2.21. The Morgan fingerprint density at radius 1 is 0.971 bits per heavy atom. The Morgan fingerprint density at radius 3 is 2.03 bits per heavy atom. The van der Waals surface area contributed by atoms with Crippen LogP contribution in [0.4, 0.5) is 21.4 Å². The zero-order valence-electron chi connectivity index (χ0n) is 18.8. The van der Waals surface area contributed by atoms with Gasteiger partial charge in [-0.2, -0.15) is 9.99 Å². The molecule has 0 aliphatic carbocycles. The first-order valence-electron chi connectivity index (χ1n) is 10.4. The summed E-state index contributed by atoms with van der Waals surface area (Å²) in [7, 11) is 0. The Labute approximate surface area is 195 Å². The Kier molecular flexibility index (Phi) is 7.50. The minimum absolute atomic E-state index is 0.0420. The fraction of sp³-hybridized carbons (Fsp3) is 0.238. The number of primary amides is 2. The third-order valence-electron chi connectivity index (χ3n) is 4.70. The van der Waals surface area contributed by atoms with E-state index in [0.29, 0.717) is 40.3 Å². The second-order valence-electron chi connectivity index (χ2n) is 7.01. The predicted molar refractivity (Wildman–Crippen MR) is 125 cm³/mol. The molecule has 0 fully saturated rings. The first kappa shape index (κ1) is 24.3. The number of rotatable bonds is 9. The van der Waals surface area contributed by atoms with Gasteiger partial charge in [-0.15, -0.1) is 0 Å². The smallest absolute Gasteiger partial charge is 0.336 e. The van der Waals surface area contributed by atoms with Crippen molar-refractivity contribution < 1.29 is 19.1 Å². The Morgan fingerprint density at radius 2 is 1.53 bits per heavy atom. The lowest BCUT2D eigenvalue weighted by atomic mass is 10.0. The molecule has 3 aromatic rings. The van der Waals surface area contributed by atoms with E-state index >= 15 is 0 Å². The molecule has 13 heteroatoms. The summed E-state index contributed by atoms with van der Waals surface area (Å²) in [6.07, 6.45) is 5.38. The summed E-state index contributed by atoms with van der Waals surface area (Å²) in [5.74, 6) is 12.3. The van der Waals surface area contributed by atoms with Crippen LogP contribution in [0.1, 0.15) is 25.0 Å². The van der Waals surface area contributed by atoms with Gasteiger partial charge in [0.2, 0.25) is 0 Å². The molecule has 2 heterocycles. The summed E-state index contributed by atoms with van der Waals surface area (Å²) in [5, 5.41) is 1.16. The first-order chi connectivity index (χ1) is 16.3. The number of carbonyl (C=O) groups is 2. The normalized spacial score (nSPS) is 10.6. The Bertz CT molecular complexity index is 1140. The fourth-order valence-corrected chi connectivity index (χ4v) is 3.27. The number of hydrazine groups is 2. The molecule has 34 heavy (non-hydrogen) atoms. The van der Waals surface area contributed by atoms with Crippen molar-refractivity contribution in [3.8, 4) is 17.2 Å². The number of nitrogens with two attached hydrogens (primary N) is 4. The average molecular weight is 470 g/mol. The highest BCUT2D eigenvalue weighted by molar-refractivity contribution is 5.90. The van der Waals surface area contributed by atoms with E-state index in [9.17, 15) is 9.59 Å². The van der Waals surface area contributed by atoms with Crippen LogP contribution >= 0.6 is 0 Å². The first-order valence-corrected chi connectivity index (χ1v) is 10.4. The summed E-state index contributed by atoms with van der Waals surface area (Å²) >= 11 is 0. The molecule has 0 spiro atoms. The molecule has 3 rings (SSSR count). The molecule has 180 valence electrons. The van der Waals surface area contributed by atoms with Crippen LogP contribution in [0.2, 0.25) is 0 Å². The number of benzene rings is 1. The Balaban J connectivity index is 2.10. The topological polar surface area (TPSA) is 194 Å². The van der Waals surface area contributed by atoms with Gasteiger partial charge in [0.15, 0.2) is 5.82 Å². The van der Waals surface area contributed by atoms with Gasteiger partial charge in [0.05, 0.1) is 13.2 Å². The maximum Gasteiger partial charge on any atom is 0.336 e. The summed E-state index contributed by atoms with van der Waals surface area (Å²) in [5.41, 5.74) is 12.5. The quantitative estimate of drug-likeness (QED) is 0.204. The van der Waals surface area contributed by atoms with Crippen LogP contribution in [-0.4, -0.2) is 39.8 Å². The van der Waals surface area contributed by atoms with Gasteiger partial charge in [0.1, 0.15) is 17.2 Å². The number of hydrogen-bond donors (Lipinski definition) is 4. The molecule has 0 saturated heterocycles. The molecule has 2 aromatic heterocycles. The largest absolute Gasteiger partial charge is 0.492 e. The standard InChI is InChI=1S/C21H27N9O4/c1-3-33-15-10-13(11-16(34-4-2)17(15)28-7-5-6-8-28)9-14-12-26-21(30(25)20(23)32)27-18(14)29(24)19(22)31/h5-8,10-12H,3-4,9,24-25H2,1-2H3,(H2,22,31)(H2,23,32). The summed E-state index contributed by atoms with van der Waals surface area (Å²) in [4.78, 5) is 31.3. The van der Waals surface area contributed by atoms with Crippen LogP contribution in [0.3, 0.4) is 0 Å². The van der Waals surface area contributed by atoms with Gasteiger partial charge in [0, 0.05) is 30.6 Å². The minimum atomic E-state index is -0.996. The third kappa shape index (κ3) is 5.16. The van der Waals surface area contributed by atoms with Crippen molar-refractivity contribution in [1.29, 1.82) is 0 Å². The molecule has 0 unspecified atom stereocenters. The maximum atomic E-state index is 11.8. The van der Waals surface area contributed by atoms with Crippen LogP contribution in [-0.2, 0) is 6.42 Å². The van der Waals surface area contributed by atoms with Crippen molar-refractivity contribution in [2.75, 3.05) is 23.2 Å². The highest BCUT2D eigenvalue weighted by Crippen LogP contribution is 2.36. The molecule has 0 radical (unpaired) electrons. The van der Waals surface area contributed by atoms with Gasteiger partial charge in [0.25, 0.3) is 5.95 Å². The highest BCUT2D eigenvalue weighted by atomic mass is 16.5. The number of anilines is 2. The third-order valence-corrected chi connectivity index (χ3v) is 4.70. The van der Waals surface area contributed by atoms with E-state index in [4.69, 9.17) is 32.6 Å². The average Bonchev–Trinajstić information content (AvgIpc) is 3.33. The lowest BCUT2D eigenvalue weighted by Crippen LogP contribution is -2.45. The van der Waals surface area contributed by atoms with Crippen LogP contribution in [0.25, 0.3) is 5.69 Å². The van der Waals surface area contributed by atoms with Crippen LogP contribution in [0, 0.1) is 0 Å². The number of ether oxygens (including phenoxy) is 2. The van der Waals surface area contributed by atoms with Crippen LogP contribution < -0.4 is 42.6 Å². The summed E-state index contributed by atoms with van der Waals surface area (Å²) in [6.45, 7) is 4.63. The van der Waals surface area contributed by atoms with Crippen molar-refractivity contribution in [2.24, 2.45) is 23.2 Å². The van der Waals surface area contributed by atoms with E-state index in [1.54, 1.807) is 0 Å². The number of urea groups is 2. The maximum absolute atomic E-state index is 11.8. The van der Waals surface area contributed by atoms with Gasteiger partial charge in [-0.05, 0) is 43.7 Å². The molecule has 1 aromatic carbocycles. The fourth-order valence-electron chi connectivity index (χ4n) is 3.27. The van der Waals surface area contributed by atoms with Gasteiger partial charge in [-0.3, -0.25) is 0 Å². The van der Waals surface area contributed by atoms with E-state index < -0.39 is 12.1 Å². The molecule has 0 bridgehead atoms. The van der Waals surface area contributed by atoms with Crippen LogP contribution in [0.5, 0.6) is 11.5 Å². The molecule has 0 aliphatic rings. The molecule has 13 nitrogen and oxygen atoms in total. The monoisotopic (exact) mass is 469 g/mol. The van der Waals surface area contributed by atoms with Gasteiger partial charge in [-0.1, -0.05) is 0 Å². The predicted octanol–water partition coefficient (Wildman–Crippen LogP) is 1.17. The lowest BCUT2D eigenvalue weighted by Gasteiger charge is -2.21. The number of carbonyl (C=O) groups excluding carboxylic acids is 2. The van der Waals surface area contributed by atoms with E-state index in [1.165, 1.54) is 6.20 Å². The lowest BCUT2D eigenvalue weighted by molar-refractivity contribution is 0.253. The summed E-state index contributed by atoms with van der Waals surface area (Å²) in [6, 6.07) is 5.53. The molecule has 0 aliphatic heterocycles. The Hall–Kier alpha value is -4.36. The zero-order chi connectivity index (χ0) is 24.8. The summed E-state index contributed by atoms with van der Waals surface area (Å²) < 4.78 is 13.7.